The number of ether oxygens (including phenoxy) is 2. The van der Waals surface area contributed by atoms with E-state index in [0.29, 0.717) is 21.9 Å². The Morgan fingerprint density at radius 1 is 0.829 bits per heavy atom. The summed E-state index contributed by atoms with van der Waals surface area (Å²) in [5, 5.41) is 3.16. The molecule has 0 aliphatic heterocycles. The van der Waals surface area contributed by atoms with Gasteiger partial charge in [-0.2, -0.15) is 9.59 Å². The van der Waals surface area contributed by atoms with Crippen molar-refractivity contribution in [3.8, 4) is 17.2 Å². The van der Waals surface area contributed by atoms with E-state index in [-0.39, 0.29) is 11.9 Å². The number of carbonyl (C=O) groups excluding carboxylic acids is 3. The highest BCUT2D eigenvalue weighted by Gasteiger charge is 2.23. The number of hydrogen-bond donors (Lipinski definition) is 0. The van der Waals surface area contributed by atoms with Crippen molar-refractivity contribution in [2.45, 2.75) is 13.8 Å². The summed E-state index contributed by atoms with van der Waals surface area (Å²) in [6.07, 6.45) is 0.250. The average molecular weight is 483 g/mol. The van der Waals surface area contributed by atoms with Crippen molar-refractivity contribution in [1.82, 2.24) is 0 Å². The summed E-state index contributed by atoms with van der Waals surface area (Å²) in [5.41, 5.74) is 2.85. The molecule has 0 N–H and O–H groups in total. The number of hydrogen-bond acceptors (Lipinski definition) is 6. The fraction of sp³-hybridized carbons (Fsp3) is 0.103. The van der Waals surface area contributed by atoms with Crippen molar-refractivity contribution in [2.24, 2.45) is 0 Å². The molecule has 5 rings (SSSR count). The molecule has 0 atom stereocenters. The van der Waals surface area contributed by atoms with E-state index in [2.05, 4.69) is 31.2 Å². The first-order valence-corrected chi connectivity index (χ1v) is 11.6. The van der Waals surface area contributed by atoms with E-state index in [1.165, 1.54) is 16.9 Å². The second-order valence-electron chi connectivity index (χ2n) is 7.96. The lowest BCUT2D eigenvalue weighted by molar-refractivity contribution is -0.191. The smallest absolute Gasteiger partial charge is 0.373 e. The quantitative estimate of drug-likeness (QED) is 0.250. The maximum Gasteiger partial charge on any atom is 0.373 e. The lowest BCUT2D eigenvalue weighted by Gasteiger charge is -2.10. The number of carbonyl (C=O) groups is 1. The molecule has 0 bridgehead atoms. The third-order valence-corrected chi connectivity index (χ3v) is 6.77. The topological polar surface area (TPSA) is 69.7 Å². The van der Waals surface area contributed by atoms with Crippen LogP contribution >= 0.6 is 11.3 Å². The molecular weight excluding hydrogens is 460 g/mol. The van der Waals surface area contributed by atoms with Crippen LogP contribution in [-0.4, -0.2) is 19.0 Å². The van der Waals surface area contributed by atoms with Crippen LogP contribution in [0.5, 0.6) is 17.2 Å². The molecule has 0 spiro atoms. The number of aryl methyl sites for hydroxylation is 2. The SMILES string of the molecule is COc1ccc2c(Oc3ccc4cc(C)ccc4c3)c(C(=O)c3ccccc3C)sc2c1.O=C=O. The van der Waals surface area contributed by atoms with Crippen LogP contribution in [0.2, 0.25) is 0 Å². The number of rotatable bonds is 5. The van der Waals surface area contributed by atoms with E-state index >= 15 is 0 Å². The first-order chi connectivity index (χ1) is 16.9. The molecule has 0 aliphatic carbocycles. The molecule has 4 aromatic carbocycles. The van der Waals surface area contributed by atoms with Crippen LogP contribution in [0, 0.1) is 13.8 Å². The van der Waals surface area contributed by atoms with E-state index in [0.717, 1.165) is 32.2 Å². The minimum absolute atomic E-state index is 0.0327. The van der Waals surface area contributed by atoms with Crippen LogP contribution < -0.4 is 9.47 Å². The number of fused-ring (bicyclic) bond motifs is 2. The van der Waals surface area contributed by atoms with Crippen LogP contribution in [0.3, 0.4) is 0 Å². The van der Waals surface area contributed by atoms with Gasteiger partial charge in [-0.05, 0) is 60.5 Å². The highest BCUT2D eigenvalue weighted by molar-refractivity contribution is 7.21. The monoisotopic (exact) mass is 482 g/mol. The van der Waals surface area contributed by atoms with Gasteiger partial charge in [0, 0.05) is 15.6 Å². The van der Waals surface area contributed by atoms with E-state index < -0.39 is 0 Å². The molecule has 35 heavy (non-hydrogen) atoms. The Balaban J connectivity index is 0.000000917. The summed E-state index contributed by atoms with van der Waals surface area (Å²) in [4.78, 5) is 30.4. The number of methoxy groups -OCH3 is 1. The molecule has 0 amide bonds. The summed E-state index contributed by atoms with van der Waals surface area (Å²) >= 11 is 1.44. The maximum absolute atomic E-state index is 13.6. The third-order valence-electron chi connectivity index (χ3n) is 5.63. The first-order valence-electron chi connectivity index (χ1n) is 10.8. The molecule has 5 nitrogen and oxygen atoms in total. The average Bonchev–Trinajstić information content (AvgIpc) is 3.22. The van der Waals surface area contributed by atoms with Crippen LogP contribution in [-0.2, 0) is 9.59 Å². The molecule has 6 heteroatoms. The molecule has 0 saturated heterocycles. The van der Waals surface area contributed by atoms with E-state index in [1.807, 2.05) is 61.5 Å². The van der Waals surface area contributed by atoms with Gasteiger partial charge in [0.05, 0.1) is 7.11 Å². The lowest BCUT2D eigenvalue weighted by atomic mass is 10.0. The minimum atomic E-state index is -0.0327. The molecule has 1 heterocycles. The van der Waals surface area contributed by atoms with Gasteiger partial charge in [-0.15, -0.1) is 11.3 Å². The van der Waals surface area contributed by atoms with Crippen LogP contribution in [0.25, 0.3) is 20.9 Å². The summed E-state index contributed by atoms with van der Waals surface area (Å²) in [5.74, 6) is 2.01. The highest BCUT2D eigenvalue weighted by Crippen LogP contribution is 2.43. The largest absolute Gasteiger partial charge is 0.497 e. The van der Waals surface area contributed by atoms with Gasteiger partial charge in [0.15, 0.2) is 5.75 Å². The van der Waals surface area contributed by atoms with Crippen LogP contribution in [0.15, 0.2) is 78.9 Å². The van der Waals surface area contributed by atoms with Crippen LogP contribution in [0.4, 0.5) is 0 Å². The Morgan fingerprint density at radius 2 is 1.51 bits per heavy atom. The molecule has 0 radical (unpaired) electrons. The Kier molecular flexibility index (Phi) is 7.06. The van der Waals surface area contributed by atoms with E-state index in [1.54, 1.807) is 7.11 Å². The standard InChI is InChI=1S/C28H22O3S.CO2/c1-17-8-9-20-15-22(11-10-19(20)14-17)31-27-24-13-12-21(30-3)16-25(24)32-28(27)26(29)23-7-5-4-6-18(23)2;2-1-3/h4-16H,1-3H3;. The van der Waals surface area contributed by atoms with E-state index in [4.69, 9.17) is 19.1 Å². The zero-order valence-corrected chi connectivity index (χ0v) is 20.3. The van der Waals surface area contributed by atoms with Gasteiger partial charge in [0.2, 0.25) is 5.78 Å². The summed E-state index contributed by atoms with van der Waals surface area (Å²) in [7, 11) is 1.64. The molecular formula is C29H22O5S. The van der Waals surface area contributed by atoms with Crippen molar-refractivity contribution in [2.75, 3.05) is 7.11 Å². The molecule has 0 aliphatic rings. The first kappa shape index (κ1) is 23.9. The Morgan fingerprint density at radius 3 is 2.26 bits per heavy atom. The zero-order valence-electron chi connectivity index (χ0n) is 19.5. The van der Waals surface area contributed by atoms with Gasteiger partial charge in [-0.3, -0.25) is 4.79 Å². The predicted molar refractivity (Wildman–Crippen MR) is 137 cm³/mol. The molecule has 174 valence electrons. The van der Waals surface area contributed by atoms with Gasteiger partial charge in [0.1, 0.15) is 16.4 Å². The molecule has 0 saturated carbocycles. The fourth-order valence-corrected chi connectivity index (χ4v) is 5.02. The second-order valence-corrected chi connectivity index (χ2v) is 9.02. The zero-order chi connectivity index (χ0) is 24.9. The Bertz CT molecular complexity index is 1580. The van der Waals surface area contributed by atoms with Crippen molar-refractivity contribution in [3.05, 3.63) is 100 Å². The highest BCUT2D eigenvalue weighted by atomic mass is 32.1. The minimum Gasteiger partial charge on any atom is -0.497 e. The Labute approximate surface area is 206 Å². The van der Waals surface area contributed by atoms with Gasteiger partial charge in [-0.1, -0.05) is 54.1 Å². The molecule has 1 aromatic heterocycles. The van der Waals surface area contributed by atoms with Crippen molar-refractivity contribution >= 4 is 44.1 Å². The molecule has 0 fully saturated rings. The van der Waals surface area contributed by atoms with Gasteiger partial charge in [-0.25, -0.2) is 0 Å². The van der Waals surface area contributed by atoms with Gasteiger partial charge >= 0.3 is 6.15 Å². The van der Waals surface area contributed by atoms with Gasteiger partial charge in [0.25, 0.3) is 0 Å². The summed E-state index contributed by atoms with van der Waals surface area (Å²) in [6, 6.07) is 25.8. The number of thiophene rings is 1. The van der Waals surface area contributed by atoms with Crippen LogP contribution in [0.1, 0.15) is 26.4 Å². The van der Waals surface area contributed by atoms with Crippen molar-refractivity contribution in [3.63, 3.8) is 0 Å². The normalized spacial score (nSPS) is 10.4. The lowest BCUT2D eigenvalue weighted by Crippen LogP contribution is -2.03. The predicted octanol–water partition coefficient (Wildman–Crippen LogP) is 7.12. The van der Waals surface area contributed by atoms with Gasteiger partial charge < -0.3 is 9.47 Å². The van der Waals surface area contributed by atoms with Crippen molar-refractivity contribution in [1.29, 1.82) is 0 Å². The van der Waals surface area contributed by atoms with E-state index in [9.17, 15) is 4.79 Å². The molecule has 0 unspecified atom stereocenters. The summed E-state index contributed by atoms with van der Waals surface area (Å²) < 4.78 is 12.8. The molecule has 5 aromatic rings. The number of ketones is 1. The Hall–Kier alpha value is -4.25. The third kappa shape index (κ3) is 4.99. The summed E-state index contributed by atoms with van der Waals surface area (Å²) in [6.45, 7) is 4.04. The maximum atomic E-state index is 13.6. The fourth-order valence-electron chi connectivity index (χ4n) is 3.91. The van der Waals surface area contributed by atoms with Crippen molar-refractivity contribution < 1.29 is 23.9 Å². The second kappa shape index (κ2) is 10.3. The number of benzene rings is 4.